The molecule has 0 atom stereocenters. The molecule has 0 N–H and O–H groups in total. The summed E-state index contributed by atoms with van der Waals surface area (Å²) >= 11 is 3.37. The highest BCUT2D eigenvalue weighted by Gasteiger charge is 2.20. The first-order valence-corrected chi connectivity index (χ1v) is 7.92. The smallest absolute Gasteiger partial charge is 0.222 e. The molecule has 18 heavy (non-hydrogen) atoms. The van der Waals surface area contributed by atoms with Crippen LogP contribution >= 0.6 is 15.9 Å². The number of carbonyl (C=O) groups excluding carboxylic acids is 2. The molecule has 5 heteroatoms. The monoisotopic (exact) mass is 318 g/mol. The summed E-state index contributed by atoms with van der Waals surface area (Å²) in [6.45, 7) is 4.85. The van der Waals surface area contributed by atoms with E-state index in [4.69, 9.17) is 0 Å². The van der Waals surface area contributed by atoms with Crippen molar-refractivity contribution in [3.63, 3.8) is 0 Å². The molecule has 4 nitrogen and oxygen atoms in total. The Labute approximate surface area is 118 Å². The number of alkyl halides is 1. The lowest BCUT2D eigenvalue weighted by atomic mass is 10.2. The van der Waals surface area contributed by atoms with Gasteiger partial charge in [-0.2, -0.15) is 0 Å². The normalized spacial score (nSPS) is 16.6. The van der Waals surface area contributed by atoms with Crippen molar-refractivity contribution in [2.75, 3.05) is 31.5 Å². The topological polar surface area (TPSA) is 40.6 Å². The summed E-state index contributed by atoms with van der Waals surface area (Å²) in [4.78, 5) is 27.4. The summed E-state index contributed by atoms with van der Waals surface area (Å²) in [5.41, 5.74) is 0. The molecule has 0 unspecified atom stereocenters. The first-order valence-electron chi connectivity index (χ1n) is 6.80. The van der Waals surface area contributed by atoms with E-state index >= 15 is 0 Å². The zero-order chi connectivity index (χ0) is 13.4. The third-order valence-corrected chi connectivity index (χ3v) is 3.84. The Morgan fingerprint density at radius 1 is 1.00 bits per heavy atom. The maximum atomic E-state index is 12.0. The van der Waals surface area contributed by atoms with Crippen molar-refractivity contribution in [2.24, 2.45) is 0 Å². The number of unbranched alkanes of at least 4 members (excludes halogenated alkanes) is 1. The quantitative estimate of drug-likeness (QED) is 0.575. The van der Waals surface area contributed by atoms with E-state index < -0.39 is 0 Å². The summed E-state index contributed by atoms with van der Waals surface area (Å²) in [5.74, 6) is 0.435. The lowest BCUT2D eigenvalue weighted by Crippen LogP contribution is -2.37. The van der Waals surface area contributed by atoms with E-state index in [9.17, 15) is 9.59 Å². The Kier molecular flexibility index (Phi) is 7.32. The molecule has 0 spiro atoms. The Hall–Kier alpha value is -0.580. The molecule has 0 aliphatic carbocycles. The van der Waals surface area contributed by atoms with Gasteiger partial charge >= 0.3 is 0 Å². The number of rotatable bonds is 5. The summed E-state index contributed by atoms with van der Waals surface area (Å²) in [5, 5.41) is 0.957. The van der Waals surface area contributed by atoms with Crippen molar-refractivity contribution in [1.82, 2.24) is 9.80 Å². The van der Waals surface area contributed by atoms with Gasteiger partial charge in [0.2, 0.25) is 11.8 Å². The van der Waals surface area contributed by atoms with Crippen molar-refractivity contribution in [3.05, 3.63) is 0 Å². The lowest BCUT2D eigenvalue weighted by Gasteiger charge is -2.22. The molecule has 1 heterocycles. The van der Waals surface area contributed by atoms with Crippen LogP contribution in [0.1, 0.15) is 39.0 Å². The Bertz CT molecular complexity index is 284. The second kappa shape index (κ2) is 8.51. The van der Waals surface area contributed by atoms with Crippen molar-refractivity contribution in [1.29, 1.82) is 0 Å². The minimum atomic E-state index is 0.198. The fourth-order valence-corrected chi connectivity index (χ4v) is 2.57. The van der Waals surface area contributed by atoms with Crippen LogP contribution < -0.4 is 0 Å². The summed E-state index contributed by atoms with van der Waals surface area (Å²) in [6.07, 6.45) is 4.07. The van der Waals surface area contributed by atoms with Gasteiger partial charge in [0.1, 0.15) is 0 Å². The average Bonchev–Trinajstić information content (AvgIpc) is 2.63. The van der Waals surface area contributed by atoms with Crippen molar-refractivity contribution < 1.29 is 9.59 Å². The molecule has 1 aliphatic heterocycles. The summed E-state index contributed by atoms with van der Waals surface area (Å²) in [7, 11) is 0. The van der Waals surface area contributed by atoms with Crippen LogP contribution in [0.15, 0.2) is 0 Å². The highest BCUT2D eigenvalue weighted by atomic mass is 79.9. The fraction of sp³-hybridized carbons (Fsp3) is 0.846. The molecule has 0 bridgehead atoms. The van der Waals surface area contributed by atoms with Gasteiger partial charge in [0.15, 0.2) is 0 Å². The first-order chi connectivity index (χ1) is 8.69. The highest BCUT2D eigenvalue weighted by Crippen LogP contribution is 2.08. The minimum absolute atomic E-state index is 0.198. The predicted molar refractivity (Wildman–Crippen MR) is 75.7 cm³/mol. The first kappa shape index (κ1) is 15.5. The molecule has 1 fully saturated rings. The third-order valence-electron chi connectivity index (χ3n) is 3.28. The van der Waals surface area contributed by atoms with Crippen LogP contribution in [-0.4, -0.2) is 53.1 Å². The van der Waals surface area contributed by atoms with Crippen LogP contribution in [0.2, 0.25) is 0 Å². The van der Waals surface area contributed by atoms with Gasteiger partial charge in [-0.1, -0.05) is 22.9 Å². The van der Waals surface area contributed by atoms with E-state index in [0.29, 0.717) is 25.9 Å². The number of hydrogen-bond donors (Lipinski definition) is 0. The second-order valence-electron chi connectivity index (χ2n) is 4.61. The Morgan fingerprint density at radius 2 is 1.61 bits per heavy atom. The van der Waals surface area contributed by atoms with Crippen LogP contribution in [0.5, 0.6) is 0 Å². The van der Waals surface area contributed by atoms with Crippen LogP contribution in [-0.2, 0) is 9.59 Å². The van der Waals surface area contributed by atoms with Crippen molar-refractivity contribution >= 4 is 27.7 Å². The zero-order valence-electron chi connectivity index (χ0n) is 11.2. The van der Waals surface area contributed by atoms with Gasteiger partial charge < -0.3 is 9.80 Å². The molecule has 1 rings (SSSR count). The Morgan fingerprint density at radius 3 is 2.17 bits per heavy atom. The molecule has 0 aromatic heterocycles. The van der Waals surface area contributed by atoms with E-state index in [1.807, 2.05) is 16.7 Å². The number of halogens is 1. The van der Waals surface area contributed by atoms with E-state index in [-0.39, 0.29) is 11.8 Å². The van der Waals surface area contributed by atoms with Crippen LogP contribution in [0.3, 0.4) is 0 Å². The molecule has 1 aliphatic rings. The molecule has 0 aromatic carbocycles. The molecular formula is C13H23BrN2O2. The van der Waals surface area contributed by atoms with E-state index in [2.05, 4.69) is 15.9 Å². The molecule has 0 aromatic rings. The van der Waals surface area contributed by atoms with Crippen LogP contribution in [0.25, 0.3) is 0 Å². The van der Waals surface area contributed by atoms with Gasteiger partial charge in [-0.05, 0) is 19.3 Å². The second-order valence-corrected chi connectivity index (χ2v) is 5.41. The minimum Gasteiger partial charge on any atom is -0.341 e. The van der Waals surface area contributed by atoms with E-state index in [0.717, 1.165) is 37.7 Å². The van der Waals surface area contributed by atoms with E-state index in [1.165, 1.54) is 0 Å². The standard InChI is InChI=1S/C13H23BrN2O2/c1-2-12(17)15-8-5-9-16(11-10-15)13(18)6-3-4-7-14/h2-11H2,1H3. The maximum absolute atomic E-state index is 12.0. The zero-order valence-corrected chi connectivity index (χ0v) is 12.7. The molecule has 104 valence electrons. The largest absolute Gasteiger partial charge is 0.341 e. The molecule has 0 radical (unpaired) electrons. The van der Waals surface area contributed by atoms with Gasteiger partial charge in [0.05, 0.1) is 0 Å². The average molecular weight is 319 g/mol. The predicted octanol–water partition coefficient (Wildman–Crippen LogP) is 2.02. The Balaban J connectivity index is 2.36. The summed E-state index contributed by atoms with van der Waals surface area (Å²) in [6, 6.07) is 0. The maximum Gasteiger partial charge on any atom is 0.222 e. The molecule has 0 saturated carbocycles. The number of hydrogen-bond acceptors (Lipinski definition) is 2. The van der Waals surface area contributed by atoms with Gasteiger partial charge in [0.25, 0.3) is 0 Å². The van der Waals surface area contributed by atoms with E-state index in [1.54, 1.807) is 0 Å². The van der Waals surface area contributed by atoms with Gasteiger partial charge in [0, 0.05) is 44.4 Å². The number of carbonyl (C=O) groups is 2. The van der Waals surface area contributed by atoms with Crippen LogP contribution in [0.4, 0.5) is 0 Å². The fourth-order valence-electron chi connectivity index (χ4n) is 2.17. The number of amides is 2. The summed E-state index contributed by atoms with van der Waals surface area (Å²) < 4.78 is 0. The van der Waals surface area contributed by atoms with Crippen LogP contribution in [0, 0.1) is 0 Å². The third kappa shape index (κ3) is 4.96. The lowest BCUT2D eigenvalue weighted by molar-refractivity contribution is -0.133. The SMILES string of the molecule is CCC(=O)N1CCCN(C(=O)CCCCBr)CC1. The molecule has 1 saturated heterocycles. The highest BCUT2D eigenvalue weighted by molar-refractivity contribution is 9.09. The van der Waals surface area contributed by atoms with Gasteiger partial charge in [-0.3, -0.25) is 9.59 Å². The molecule has 2 amide bonds. The van der Waals surface area contributed by atoms with Gasteiger partial charge in [-0.15, -0.1) is 0 Å². The van der Waals surface area contributed by atoms with Crippen molar-refractivity contribution in [2.45, 2.75) is 39.0 Å². The van der Waals surface area contributed by atoms with Gasteiger partial charge in [-0.25, -0.2) is 0 Å². The number of nitrogens with zero attached hydrogens (tertiary/aromatic N) is 2. The molecular weight excluding hydrogens is 296 g/mol. The van der Waals surface area contributed by atoms with Crippen molar-refractivity contribution in [3.8, 4) is 0 Å².